The zero-order chi connectivity index (χ0) is 24.2. The molecule has 0 saturated carbocycles. The molecule has 174 valence electrons. The van der Waals surface area contributed by atoms with Gasteiger partial charge in [-0.2, -0.15) is 0 Å². The number of rotatable bonds is 8. The molecule has 0 aliphatic carbocycles. The van der Waals surface area contributed by atoms with Crippen molar-refractivity contribution in [1.29, 1.82) is 0 Å². The molecule has 8 heteroatoms. The van der Waals surface area contributed by atoms with E-state index in [4.69, 9.17) is 16.3 Å². The standard InChI is InChI=1S/C25H27ClN2O4S/c1-5-22(18-9-13-23(32-4)17(3)14-18)27-25(29)19-8-12-21(26)24(15-19)33(30,31)28-20-10-6-16(2)7-11-20/h6-15,22,28H,5H2,1-4H3,(H,27,29). The number of anilines is 1. The van der Waals surface area contributed by atoms with Gasteiger partial charge in [-0.3, -0.25) is 9.52 Å². The Hall–Kier alpha value is -3.03. The minimum absolute atomic E-state index is 0.0315. The summed E-state index contributed by atoms with van der Waals surface area (Å²) in [4.78, 5) is 12.8. The number of sulfonamides is 1. The smallest absolute Gasteiger partial charge is 0.263 e. The van der Waals surface area contributed by atoms with Crippen molar-refractivity contribution in [2.45, 2.75) is 38.1 Å². The Balaban J connectivity index is 1.84. The van der Waals surface area contributed by atoms with Crippen LogP contribution in [-0.4, -0.2) is 21.4 Å². The highest BCUT2D eigenvalue weighted by molar-refractivity contribution is 7.92. The summed E-state index contributed by atoms with van der Waals surface area (Å²) in [6, 6.07) is 16.6. The van der Waals surface area contributed by atoms with Gasteiger partial charge in [0.25, 0.3) is 15.9 Å². The summed E-state index contributed by atoms with van der Waals surface area (Å²) in [5.74, 6) is 0.382. The third-order valence-electron chi connectivity index (χ3n) is 5.32. The molecule has 0 fully saturated rings. The highest BCUT2D eigenvalue weighted by atomic mass is 35.5. The number of hydrogen-bond acceptors (Lipinski definition) is 4. The number of methoxy groups -OCH3 is 1. The summed E-state index contributed by atoms with van der Waals surface area (Å²) in [7, 11) is -2.38. The van der Waals surface area contributed by atoms with E-state index in [1.165, 1.54) is 18.2 Å². The average Bonchev–Trinajstić information content (AvgIpc) is 2.78. The number of nitrogens with one attached hydrogen (secondary N) is 2. The largest absolute Gasteiger partial charge is 0.496 e. The topological polar surface area (TPSA) is 84.5 Å². The number of carbonyl (C=O) groups excluding carboxylic acids is 1. The molecule has 0 heterocycles. The molecule has 1 atom stereocenters. The van der Waals surface area contributed by atoms with E-state index in [-0.39, 0.29) is 21.5 Å². The summed E-state index contributed by atoms with van der Waals surface area (Å²) >= 11 is 6.19. The maximum Gasteiger partial charge on any atom is 0.263 e. The molecule has 1 unspecified atom stereocenters. The van der Waals surface area contributed by atoms with Crippen LogP contribution in [0.2, 0.25) is 5.02 Å². The summed E-state index contributed by atoms with van der Waals surface area (Å²) < 4.78 is 33.7. The van der Waals surface area contributed by atoms with E-state index in [0.29, 0.717) is 12.1 Å². The number of carbonyl (C=O) groups is 1. The van der Waals surface area contributed by atoms with Crippen molar-refractivity contribution in [3.63, 3.8) is 0 Å². The first-order valence-corrected chi connectivity index (χ1v) is 12.3. The highest BCUT2D eigenvalue weighted by Gasteiger charge is 2.22. The third-order valence-corrected chi connectivity index (χ3v) is 7.18. The Labute approximate surface area is 200 Å². The maximum absolute atomic E-state index is 13.0. The van der Waals surface area contributed by atoms with Crippen molar-refractivity contribution in [1.82, 2.24) is 5.32 Å². The van der Waals surface area contributed by atoms with E-state index >= 15 is 0 Å². The SMILES string of the molecule is CCC(NC(=O)c1ccc(Cl)c(S(=O)(=O)Nc2ccc(C)cc2)c1)c1ccc(OC)c(C)c1. The lowest BCUT2D eigenvalue weighted by molar-refractivity contribution is 0.0935. The molecule has 3 rings (SSSR count). The van der Waals surface area contributed by atoms with Crippen LogP contribution < -0.4 is 14.8 Å². The number of aryl methyl sites for hydroxylation is 2. The molecule has 1 amide bonds. The van der Waals surface area contributed by atoms with Crippen LogP contribution in [0.5, 0.6) is 5.75 Å². The summed E-state index contributed by atoms with van der Waals surface area (Å²) in [6.45, 7) is 5.82. The molecule has 0 bridgehead atoms. The Morgan fingerprint density at radius 2 is 1.73 bits per heavy atom. The molecule has 3 aromatic rings. The van der Waals surface area contributed by atoms with Crippen LogP contribution in [0.25, 0.3) is 0 Å². The fourth-order valence-electron chi connectivity index (χ4n) is 3.46. The van der Waals surface area contributed by atoms with Crippen molar-refractivity contribution in [3.8, 4) is 5.75 Å². The molecule has 0 radical (unpaired) electrons. The minimum Gasteiger partial charge on any atom is -0.496 e. The van der Waals surface area contributed by atoms with E-state index in [9.17, 15) is 13.2 Å². The fourth-order valence-corrected chi connectivity index (χ4v) is 5.05. The van der Waals surface area contributed by atoms with Gasteiger partial charge in [0.15, 0.2) is 0 Å². The number of hydrogen-bond donors (Lipinski definition) is 2. The van der Waals surface area contributed by atoms with Crippen LogP contribution in [0.4, 0.5) is 5.69 Å². The van der Waals surface area contributed by atoms with E-state index in [1.54, 1.807) is 31.4 Å². The average molecular weight is 487 g/mol. The first-order valence-electron chi connectivity index (χ1n) is 10.5. The molecule has 2 N–H and O–H groups in total. The normalized spacial score (nSPS) is 12.2. The monoisotopic (exact) mass is 486 g/mol. The first-order chi connectivity index (χ1) is 15.6. The third kappa shape index (κ3) is 5.86. The Bertz CT molecular complexity index is 1260. The van der Waals surface area contributed by atoms with Crippen LogP contribution in [0.1, 0.15) is 46.4 Å². The molecule has 6 nitrogen and oxygen atoms in total. The summed E-state index contributed by atoms with van der Waals surface area (Å²) in [5.41, 5.74) is 3.52. The molecule has 0 aliphatic heterocycles. The molecule has 0 spiro atoms. The second kappa shape index (κ2) is 10.3. The van der Waals surface area contributed by atoms with Gasteiger partial charge in [-0.15, -0.1) is 0 Å². The van der Waals surface area contributed by atoms with E-state index in [2.05, 4.69) is 10.0 Å². The molecule has 0 aromatic heterocycles. The van der Waals surface area contributed by atoms with Crippen molar-refractivity contribution in [2.24, 2.45) is 0 Å². The fraction of sp³-hybridized carbons (Fsp3) is 0.240. The van der Waals surface area contributed by atoms with Crippen molar-refractivity contribution < 1.29 is 17.9 Å². The van der Waals surface area contributed by atoms with Gasteiger partial charge in [0.2, 0.25) is 0 Å². The molecular weight excluding hydrogens is 460 g/mol. The zero-order valence-corrected chi connectivity index (χ0v) is 20.5. The zero-order valence-electron chi connectivity index (χ0n) is 19.0. The van der Waals surface area contributed by atoms with Gasteiger partial charge in [-0.05, 0) is 67.8 Å². The quantitative estimate of drug-likeness (QED) is 0.431. The molecule has 0 saturated heterocycles. The van der Waals surface area contributed by atoms with Crippen molar-refractivity contribution in [2.75, 3.05) is 11.8 Å². The van der Waals surface area contributed by atoms with E-state index in [1.807, 2.05) is 39.0 Å². The number of benzene rings is 3. The predicted molar refractivity (Wildman–Crippen MR) is 132 cm³/mol. The molecule has 3 aromatic carbocycles. The van der Waals surface area contributed by atoms with Gasteiger partial charge in [0.1, 0.15) is 10.6 Å². The molecular formula is C25H27ClN2O4S. The van der Waals surface area contributed by atoms with Gasteiger partial charge in [0, 0.05) is 11.3 Å². The van der Waals surface area contributed by atoms with Crippen LogP contribution in [-0.2, 0) is 10.0 Å². The van der Waals surface area contributed by atoms with Crippen LogP contribution in [0.15, 0.2) is 65.6 Å². The Morgan fingerprint density at radius 3 is 2.33 bits per heavy atom. The predicted octanol–water partition coefficient (Wildman–Crippen LogP) is 5.65. The number of halogens is 1. The van der Waals surface area contributed by atoms with Gasteiger partial charge in [0.05, 0.1) is 18.2 Å². The van der Waals surface area contributed by atoms with Crippen LogP contribution in [0.3, 0.4) is 0 Å². The second-order valence-electron chi connectivity index (χ2n) is 7.78. The first kappa shape index (κ1) is 24.6. The van der Waals surface area contributed by atoms with Gasteiger partial charge < -0.3 is 10.1 Å². The summed E-state index contributed by atoms with van der Waals surface area (Å²) in [6.07, 6.45) is 0.658. The Kier molecular flexibility index (Phi) is 7.66. The number of amides is 1. The van der Waals surface area contributed by atoms with Crippen LogP contribution >= 0.6 is 11.6 Å². The highest BCUT2D eigenvalue weighted by Crippen LogP contribution is 2.27. The van der Waals surface area contributed by atoms with Crippen molar-refractivity contribution in [3.05, 3.63) is 87.9 Å². The maximum atomic E-state index is 13.0. The van der Waals surface area contributed by atoms with Gasteiger partial charge in [-0.25, -0.2) is 8.42 Å². The lowest BCUT2D eigenvalue weighted by Gasteiger charge is -2.19. The molecule has 0 aliphatic rings. The molecule has 33 heavy (non-hydrogen) atoms. The lowest BCUT2D eigenvalue weighted by atomic mass is 10.0. The van der Waals surface area contributed by atoms with Gasteiger partial charge in [-0.1, -0.05) is 48.4 Å². The number of ether oxygens (including phenoxy) is 1. The van der Waals surface area contributed by atoms with Gasteiger partial charge >= 0.3 is 0 Å². The lowest BCUT2D eigenvalue weighted by Crippen LogP contribution is -2.28. The van der Waals surface area contributed by atoms with E-state index in [0.717, 1.165) is 22.4 Å². The van der Waals surface area contributed by atoms with Crippen LogP contribution in [0, 0.1) is 13.8 Å². The second-order valence-corrected chi connectivity index (χ2v) is 9.84. The minimum atomic E-state index is -3.99. The summed E-state index contributed by atoms with van der Waals surface area (Å²) in [5, 5.41) is 3.01. The van der Waals surface area contributed by atoms with Crippen molar-refractivity contribution >= 4 is 33.2 Å². The van der Waals surface area contributed by atoms with E-state index < -0.39 is 15.9 Å². The Morgan fingerprint density at radius 1 is 1.03 bits per heavy atom.